The molecule has 0 saturated heterocycles. The predicted octanol–water partition coefficient (Wildman–Crippen LogP) is 0.989. The molecule has 1 aromatic carbocycles. The number of hydrogen-bond donors (Lipinski definition) is 2. The van der Waals surface area contributed by atoms with Crippen LogP contribution in [0.25, 0.3) is 0 Å². The number of rotatable bonds is 5. The number of aromatic nitrogens is 3. The van der Waals surface area contributed by atoms with Crippen LogP contribution in [0.15, 0.2) is 27.8 Å². The van der Waals surface area contributed by atoms with Crippen LogP contribution in [0.5, 0.6) is 0 Å². The fraction of sp³-hybridized carbons (Fsp3) is 0.333. The van der Waals surface area contributed by atoms with Gasteiger partial charge in [-0.25, -0.2) is 18.1 Å². The van der Waals surface area contributed by atoms with Crippen LogP contribution in [0, 0.1) is 6.92 Å². The van der Waals surface area contributed by atoms with E-state index in [1.165, 1.54) is 6.07 Å². The highest BCUT2D eigenvalue weighted by Crippen LogP contribution is 2.26. The molecule has 9 heteroatoms. The first kappa shape index (κ1) is 15.9. The number of nitrogens with two attached hydrogens (primary N) is 1. The largest absolute Gasteiger partial charge is 0.398 e. The Morgan fingerprint density at radius 2 is 2.14 bits per heavy atom. The first-order chi connectivity index (χ1) is 9.79. The molecule has 114 valence electrons. The van der Waals surface area contributed by atoms with Gasteiger partial charge in [-0.05, 0) is 24.6 Å². The van der Waals surface area contributed by atoms with Crippen molar-refractivity contribution in [1.29, 1.82) is 0 Å². The molecule has 2 rings (SSSR count). The first-order valence-electron chi connectivity index (χ1n) is 6.19. The zero-order valence-corrected chi connectivity index (χ0v) is 14.1. The quantitative estimate of drug-likeness (QED) is 0.760. The van der Waals surface area contributed by atoms with Gasteiger partial charge in [0.1, 0.15) is 6.33 Å². The molecule has 2 aromatic rings. The summed E-state index contributed by atoms with van der Waals surface area (Å²) >= 11 is 3.25. The fourth-order valence-corrected chi connectivity index (χ4v) is 3.78. The number of nitrogens with one attached hydrogen (secondary N) is 1. The molecule has 0 aliphatic carbocycles. The number of benzene rings is 1. The number of nitrogens with zero attached hydrogens (tertiary/aromatic N) is 3. The number of aryl methyl sites for hydroxylation is 1. The first-order valence-corrected chi connectivity index (χ1v) is 8.47. The summed E-state index contributed by atoms with van der Waals surface area (Å²) in [7, 11) is -1.86. The molecule has 1 aromatic heterocycles. The van der Waals surface area contributed by atoms with Crippen molar-refractivity contribution in [2.24, 2.45) is 7.05 Å². The fourth-order valence-electron chi connectivity index (χ4n) is 1.83. The van der Waals surface area contributed by atoms with E-state index in [2.05, 4.69) is 30.7 Å². The van der Waals surface area contributed by atoms with E-state index in [0.717, 1.165) is 0 Å². The van der Waals surface area contributed by atoms with Crippen molar-refractivity contribution in [3.8, 4) is 0 Å². The van der Waals surface area contributed by atoms with Crippen LogP contribution in [0.2, 0.25) is 0 Å². The average Bonchev–Trinajstić information content (AvgIpc) is 2.79. The van der Waals surface area contributed by atoms with Crippen molar-refractivity contribution in [1.82, 2.24) is 19.5 Å². The summed E-state index contributed by atoms with van der Waals surface area (Å²) in [5.74, 6) is 0.589. The third-order valence-corrected chi connectivity index (χ3v) is 4.99. The van der Waals surface area contributed by atoms with Crippen LogP contribution >= 0.6 is 15.9 Å². The number of sulfonamides is 1. The lowest BCUT2D eigenvalue weighted by molar-refractivity contribution is 0.580. The number of hydrogen-bond acceptors (Lipinski definition) is 5. The maximum absolute atomic E-state index is 12.3. The van der Waals surface area contributed by atoms with E-state index in [4.69, 9.17) is 5.73 Å². The van der Waals surface area contributed by atoms with Gasteiger partial charge in [-0.1, -0.05) is 15.9 Å². The molecule has 7 nitrogen and oxygen atoms in total. The Morgan fingerprint density at radius 1 is 1.43 bits per heavy atom. The number of halogens is 1. The molecular formula is C12H16BrN5O2S. The lowest BCUT2D eigenvalue weighted by atomic mass is 10.2. The van der Waals surface area contributed by atoms with Crippen LogP contribution in [0.3, 0.4) is 0 Å². The van der Waals surface area contributed by atoms with Crippen LogP contribution < -0.4 is 10.5 Å². The molecule has 0 unspecified atom stereocenters. The van der Waals surface area contributed by atoms with Gasteiger partial charge in [0.05, 0.1) is 4.90 Å². The van der Waals surface area contributed by atoms with Crippen molar-refractivity contribution in [3.63, 3.8) is 0 Å². The molecule has 0 atom stereocenters. The van der Waals surface area contributed by atoms with E-state index in [9.17, 15) is 8.42 Å². The van der Waals surface area contributed by atoms with E-state index in [1.54, 1.807) is 31.0 Å². The molecule has 0 bridgehead atoms. The Labute approximate surface area is 131 Å². The molecule has 0 aliphatic heterocycles. The Bertz CT molecular complexity index is 757. The lowest BCUT2D eigenvalue weighted by Crippen LogP contribution is -2.27. The normalized spacial score (nSPS) is 11.8. The zero-order chi connectivity index (χ0) is 15.6. The average molecular weight is 374 g/mol. The van der Waals surface area contributed by atoms with Gasteiger partial charge in [-0.2, -0.15) is 5.10 Å². The minimum atomic E-state index is -3.62. The van der Waals surface area contributed by atoms with Crippen LogP contribution in [0.4, 0.5) is 5.69 Å². The summed E-state index contributed by atoms with van der Waals surface area (Å²) < 4.78 is 29.4. The minimum Gasteiger partial charge on any atom is -0.398 e. The third kappa shape index (κ3) is 3.80. The van der Waals surface area contributed by atoms with E-state index < -0.39 is 10.0 Å². The van der Waals surface area contributed by atoms with E-state index in [-0.39, 0.29) is 11.4 Å². The SMILES string of the molecule is Cc1c(N)cc(Br)cc1S(=O)(=O)NCCc1ncn(C)n1. The summed E-state index contributed by atoms with van der Waals surface area (Å²) in [6, 6.07) is 3.21. The minimum absolute atomic E-state index is 0.170. The van der Waals surface area contributed by atoms with E-state index in [1.807, 2.05) is 0 Å². The molecule has 0 fully saturated rings. The second-order valence-corrected chi connectivity index (χ2v) is 7.25. The van der Waals surface area contributed by atoms with Crippen LogP contribution in [-0.4, -0.2) is 29.7 Å². The highest BCUT2D eigenvalue weighted by Gasteiger charge is 2.18. The van der Waals surface area contributed by atoms with Gasteiger partial charge in [0.25, 0.3) is 0 Å². The van der Waals surface area contributed by atoms with Gasteiger partial charge < -0.3 is 5.73 Å². The summed E-state index contributed by atoms with van der Waals surface area (Å²) in [6.45, 7) is 1.90. The topological polar surface area (TPSA) is 103 Å². The molecule has 0 saturated carbocycles. The molecule has 1 heterocycles. The van der Waals surface area contributed by atoms with Gasteiger partial charge in [0, 0.05) is 30.2 Å². The Kier molecular flexibility index (Phi) is 4.64. The van der Waals surface area contributed by atoms with Crippen LogP contribution in [-0.2, 0) is 23.5 Å². The summed E-state index contributed by atoms with van der Waals surface area (Å²) in [5.41, 5.74) is 6.75. The lowest BCUT2D eigenvalue weighted by Gasteiger charge is -2.11. The standard InChI is InChI=1S/C12H16BrN5O2S/c1-8-10(14)5-9(13)6-11(8)21(19,20)16-4-3-12-15-7-18(2)17-12/h5-7,16H,3-4,14H2,1-2H3. The molecule has 3 N–H and O–H groups in total. The smallest absolute Gasteiger partial charge is 0.240 e. The molecule has 0 aliphatic rings. The van der Waals surface area contributed by atoms with Gasteiger partial charge >= 0.3 is 0 Å². The van der Waals surface area contributed by atoms with Crippen molar-refractivity contribution in [2.45, 2.75) is 18.2 Å². The molecule has 0 spiro atoms. The van der Waals surface area contributed by atoms with Crippen LogP contribution in [0.1, 0.15) is 11.4 Å². The van der Waals surface area contributed by atoms with Gasteiger partial charge in [-0.15, -0.1) is 0 Å². The molecule has 0 amide bonds. The van der Waals surface area contributed by atoms with Gasteiger partial charge in [-0.3, -0.25) is 4.68 Å². The van der Waals surface area contributed by atoms with E-state index >= 15 is 0 Å². The highest BCUT2D eigenvalue weighted by molar-refractivity contribution is 9.10. The van der Waals surface area contributed by atoms with Crippen molar-refractivity contribution in [2.75, 3.05) is 12.3 Å². The highest BCUT2D eigenvalue weighted by atomic mass is 79.9. The van der Waals surface area contributed by atoms with Crippen molar-refractivity contribution < 1.29 is 8.42 Å². The molecule has 0 radical (unpaired) electrons. The van der Waals surface area contributed by atoms with Gasteiger partial charge in [0.2, 0.25) is 10.0 Å². The molecule has 21 heavy (non-hydrogen) atoms. The second-order valence-electron chi connectivity index (χ2n) is 4.60. The second kappa shape index (κ2) is 6.12. The maximum atomic E-state index is 12.3. The summed E-state index contributed by atoms with van der Waals surface area (Å²) in [6.07, 6.45) is 1.99. The Balaban J connectivity index is 2.12. The maximum Gasteiger partial charge on any atom is 0.240 e. The Morgan fingerprint density at radius 3 is 2.76 bits per heavy atom. The predicted molar refractivity (Wildman–Crippen MR) is 83.2 cm³/mol. The Hall–Kier alpha value is -1.45. The number of anilines is 1. The van der Waals surface area contributed by atoms with E-state index in [0.29, 0.717) is 28.0 Å². The van der Waals surface area contributed by atoms with Crippen molar-refractivity contribution in [3.05, 3.63) is 34.3 Å². The third-order valence-electron chi connectivity index (χ3n) is 2.94. The van der Waals surface area contributed by atoms with Crippen molar-refractivity contribution >= 4 is 31.6 Å². The summed E-state index contributed by atoms with van der Waals surface area (Å²) in [4.78, 5) is 4.21. The molecular weight excluding hydrogens is 358 g/mol. The monoisotopic (exact) mass is 373 g/mol. The zero-order valence-electron chi connectivity index (χ0n) is 11.7. The number of nitrogen functional groups attached to an aromatic ring is 1. The summed E-state index contributed by atoms with van der Waals surface area (Å²) in [5, 5.41) is 4.09. The van der Waals surface area contributed by atoms with Gasteiger partial charge in [0.15, 0.2) is 5.82 Å².